The zero-order valence-electron chi connectivity index (χ0n) is 29.8. The van der Waals surface area contributed by atoms with Crippen LogP contribution in [0.5, 0.6) is 0 Å². The topological polar surface area (TPSA) is 107 Å². The van der Waals surface area contributed by atoms with E-state index in [1.54, 1.807) is 0 Å². The van der Waals surface area contributed by atoms with E-state index in [9.17, 15) is 14.4 Å². The quantitative estimate of drug-likeness (QED) is 0.114. The largest absolute Gasteiger partial charge is 0.463 e. The fourth-order valence-corrected chi connectivity index (χ4v) is 12.5. The summed E-state index contributed by atoms with van der Waals surface area (Å²) in [6.07, 6.45) is 0.940. The smallest absolute Gasteiger partial charge is 0.303 e. The van der Waals surface area contributed by atoms with Gasteiger partial charge in [-0.3, -0.25) is 14.4 Å². The van der Waals surface area contributed by atoms with E-state index < -0.39 is 54.6 Å². The molecule has 4 rings (SSSR count). The number of hydrogen-bond donors (Lipinski definition) is 0. The fraction of sp³-hybridized carbons (Fsp3) is 0.857. The number of fused-ring (bicyclic) bond motifs is 5. The first kappa shape index (κ1) is 36.1. The molecule has 8 atom stereocenters. The maximum absolute atomic E-state index is 13.0. The molecule has 4 aliphatic rings. The normalized spacial score (nSPS) is 37.1. The van der Waals surface area contributed by atoms with Gasteiger partial charge in [-0.2, -0.15) is 0 Å². The minimum Gasteiger partial charge on any atom is -0.463 e. The lowest BCUT2D eigenvalue weighted by Gasteiger charge is -2.62. The van der Waals surface area contributed by atoms with E-state index >= 15 is 0 Å². The van der Waals surface area contributed by atoms with E-state index in [0.29, 0.717) is 19.3 Å². The van der Waals surface area contributed by atoms with Crippen LogP contribution in [0.15, 0.2) is 11.1 Å². The second kappa shape index (κ2) is 12.7. The number of rotatable bonds is 9. The van der Waals surface area contributed by atoms with Gasteiger partial charge in [-0.1, -0.05) is 41.5 Å². The molecule has 2 saturated carbocycles. The SMILES string of the molecule is CC[Si](CC)(CC)O[C@H]1C[C@]2(C)CC[C@@H]3OC(C)(C)O[C@]3(COC(C)=O)[C@H]2[C@H](OC(C)=O)[C@@H]2C[C@H](OC(C)=O)C(C)=C1C2(C)C. The molecule has 256 valence electrons. The number of esters is 3. The van der Waals surface area contributed by atoms with Gasteiger partial charge in [0.15, 0.2) is 14.1 Å². The van der Waals surface area contributed by atoms with Crippen LogP contribution in [0, 0.1) is 22.7 Å². The van der Waals surface area contributed by atoms with E-state index in [1.165, 1.54) is 20.8 Å². The highest BCUT2D eigenvalue weighted by atomic mass is 28.4. The molecule has 10 heteroatoms. The Labute approximate surface area is 271 Å². The molecule has 3 fully saturated rings. The lowest BCUT2D eigenvalue weighted by atomic mass is 9.48. The van der Waals surface area contributed by atoms with Crippen molar-refractivity contribution in [3.05, 3.63) is 11.1 Å². The molecule has 9 nitrogen and oxygen atoms in total. The Bertz CT molecular complexity index is 1180. The molecule has 1 saturated heterocycles. The Hall–Kier alpha value is -1.75. The molecule has 1 heterocycles. The lowest BCUT2D eigenvalue weighted by molar-refractivity contribution is -0.242. The van der Waals surface area contributed by atoms with Crippen molar-refractivity contribution in [1.29, 1.82) is 0 Å². The van der Waals surface area contributed by atoms with Gasteiger partial charge in [0.2, 0.25) is 0 Å². The van der Waals surface area contributed by atoms with Crippen molar-refractivity contribution in [1.82, 2.24) is 0 Å². The molecular weight excluding hydrogens is 592 g/mol. The Balaban J connectivity index is 2.04. The summed E-state index contributed by atoms with van der Waals surface area (Å²) in [4.78, 5) is 37.9. The number of ether oxygens (including phenoxy) is 5. The Morgan fingerprint density at radius 1 is 0.889 bits per heavy atom. The molecule has 2 bridgehead atoms. The van der Waals surface area contributed by atoms with Crippen LogP contribution >= 0.6 is 0 Å². The molecule has 0 aromatic heterocycles. The van der Waals surface area contributed by atoms with E-state index in [4.69, 9.17) is 28.1 Å². The number of carbonyl (C=O) groups is 3. The van der Waals surface area contributed by atoms with Gasteiger partial charge in [0.05, 0.1) is 12.2 Å². The zero-order chi connectivity index (χ0) is 33.8. The summed E-state index contributed by atoms with van der Waals surface area (Å²) in [5, 5.41) is 0. The molecular formula is C35H58O9Si. The highest BCUT2D eigenvalue weighted by molar-refractivity contribution is 6.73. The molecule has 45 heavy (non-hydrogen) atoms. The van der Waals surface area contributed by atoms with Crippen molar-refractivity contribution in [3.8, 4) is 0 Å². The van der Waals surface area contributed by atoms with Crippen LogP contribution in [0.4, 0.5) is 0 Å². The molecule has 0 amide bonds. The van der Waals surface area contributed by atoms with E-state index in [0.717, 1.165) is 35.7 Å². The molecule has 0 unspecified atom stereocenters. The standard InChI is InChI=1S/C35H58O9Si/c1-13-45(14-2,15-3)43-27-19-34(12)17-16-28-35(20-39-22(5)36,44-33(10,11)42-28)31(34)30(41-24(7)38)25-18-26(40-23(6)37)21(4)29(27)32(25,8)9/h25-28,30-31H,13-20H2,1-12H3/t25-,26-,27-,28-,30+,31-,34-,35-/m0/s1. The van der Waals surface area contributed by atoms with Gasteiger partial charge in [-0.05, 0) is 86.6 Å². The van der Waals surface area contributed by atoms with Crippen LogP contribution in [0.3, 0.4) is 0 Å². The molecule has 0 spiro atoms. The van der Waals surface area contributed by atoms with Crippen molar-refractivity contribution in [2.24, 2.45) is 22.7 Å². The van der Waals surface area contributed by atoms with Crippen molar-refractivity contribution >= 4 is 26.2 Å². The van der Waals surface area contributed by atoms with Gasteiger partial charge < -0.3 is 28.1 Å². The third-order valence-electron chi connectivity index (χ3n) is 11.8. The maximum Gasteiger partial charge on any atom is 0.303 e. The average molecular weight is 651 g/mol. The van der Waals surface area contributed by atoms with Gasteiger partial charge in [0, 0.05) is 32.6 Å². The summed E-state index contributed by atoms with van der Waals surface area (Å²) >= 11 is 0. The highest BCUT2D eigenvalue weighted by Crippen LogP contribution is 2.64. The summed E-state index contributed by atoms with van der Waals surface area (Å²) in [5.41, 5.74) is 0.217. The summed E-state index contributed by atoms with van der Waals surface area (Å²) in [7, 11) is -2.13. The van der Waals surface area contributed by atoms with Crippen LogP contribution in [-0.2, 0) is 42.5 Å². The van der Waals surface area contributed by atoms with Crippen molar-refractivity contribution in [2.45, 2.75) is 163 Å². The minimum atomic E-state index is -2.13. The first-order chi connectivity index (χ1) is 20.8. The first-order valence-corrected chi connectivity index (χ1v) is 19.6. The fourth-order valence-electron chi connectivity index (χ4n) is 9.73. The average Bonchev–Trinajstić information content (AvgIpc) is 3.20. The minimum absolute atomic E-state index is 0.0141. The van der Waals surface area contributed by atoms with Crippen LogP contribution in [-0.4, -0.2) is 68.6 Å². The molecule has 3 aliphatic carbocycles. The molecule has 1 aliphatic heterocycles. The predicted octanol–water partition coefficient (Wildman–Crippen LogP) is 6.88. The van der Waals surface area contributed by atoms with Gasteiger partial charge in [-0.25, -0.2) is 0 Å². The summed E-state index contributed by atoms with van der Waals surface area (Å²) < 4.78 is 39.3. The second-order valence-electron chi connectivity index (χ2n) is 15.4. The van der Waals surface area contributed by atoms with Crippen molar-refractivity contribution in [2.75, 3.05) is 6.61 Å². The third kappa shape index (κ3) is 6.55. The van der Waals surface area contributed by atoms with E-state index in [1.807, 2.05) is 13.8 Å². The Morgan fingerprint density at radius 2 is 1.49 bits per heavy atom. The van der Waals surface area contributed by atoms with Crippen LogP contribution < -0.4 is 0 Å². The highest BCUT2D eigenvalue weighted by Gasteiger charge is 2.70. The van der Waals surface area contributed by atoms with E-state index in [-0.39, 0.29) is 36.7 Å². The van der Waals surface area contributed by atoms with E-state index in [2.05, 4.69) is 48.5 Å². The van der Waals surface area contributed by atoms with Gasteiger partial charge in [-0.15, -0.1) is 0 Å². The predicted molar refractivity (Wildman–Crippen MR) is 173 cm³/mol. The summed E-state index contributed by atoms with van der Waals surface area (Å²) in [6, 6.07) is 3.00. The monoisotopic (exact) mass is 650 g/mol. The maximum atomic E-state index is 13.0. The second-order valence-corrected chi connectivity index (χ2v) is 20.1. The summed E-state index contributed by atoms with van der Waals surface area (Å²) in [6.45, 7) is 23.6. The zero-order valence-corrected chi connectivity index (χ0v) is 30.8. The first-order valence-electron chi connectivity index (χ1n) is 17.0. The third-order valence-corrected chi connectivity index (χ3v) is 16.4. The molecule has 0 N–H and O–H groups in total. The molecule has 0 aromatic rings. The summed E-state index contributed by atoms with van der Waals surface area (Å²) in [5.74, 6) is -2.73. The molecule has 0 aromatic carbocycles. The number of carbonyl (C=O) groups excluding carboxylic acids is 3. The van der Waals surface area contributed by atoms with Crippen molar-refractivity contribution < 1.29 is 42.5 Å². The van der Waals surface area contributed by atoms with Crippen molar-refractivity contribution in [3.63, 3.8) is 0 Å². The van der Waals surface area contributed by atoms with Crippen LogP contribution in [0.2, 0.25) is 18.1 Å². The Kier molecular flexibility index (Phi) is 10.2. The van der Waals surface area contributed by atoms with Crippen LogP contribution in [0.25, 0.3) is 0 Å². The van der Waals surface area contributed by atoms with Crippen LogP contribution in [0.1, 0.15) is 109 Å². The Morgan fingerprint density at radius 3 is 2.02 bits per heavy atom. The lowest BCUT2D eigenvalue weighted by Crippen LogP contribution is -2.68. The number of hydrogen-bond acceptors (Lipinski definition) is 9. The molecule has 0 radical (unpaired) electrons. The van der Waals surface area contributed by atoms with Gasteiger partial charge in [0.25, 0.3) is 0 Å². The van der Waals surface area contributed by atoms with Gasteiger partial charge >= 0.3 is 17.9 Å². The van der Waals surface area contributed by atoms with Gasteiger partial charge in [0.1, 0.15) is 24.4 Å².